The maximum atomic E-state index is 12.5. The Morgan fingerprint density at radius 3 is 1.11 bits per heavy atom. The van der Waals surface area contributed by atoms with Crippen LogP contribution in [0.2, 0.25) is 0 Å². The summed E-state index contributed by atoms with van der Waals surface area (Å²) in [5, 5.41) is 23.3. The summed E-state index contributed by atoms with van der Waals surface area (Å²) in [7, 11) is 0. The number of carbonyl (C=O) groups excluding carboxylic acids is 2. The van der Waals surface area contributed by atoms with E-state index in [1.54, 1.807) is 0 Å². The summed E-state index contributed by atoms with van der Waals surface area (Å²) >= 11 is 0. The summed E-state index contributed by atoms with van der Waals surface area (Å²) in [6.45, 7) is 4.94. The van der Waals surface area contributed by atoms with Crippen LogP contribution in [0, 0.1) is 0 Å². The number of rotatable bonds is 55. The van der Waals surface area contributed by atoms with Crippen LogP contribution in [0.25, 0.3) is 0 Å². The standard InChI is InChI=1S/C59H115NO5/c1-3-5-7-9-11-13-15-17-18-19-20-21-22-23-24-25-28-31-35-39-43-47-51-57(62)56(55-61)60-58(63)52-48-44-40-36-32-29-26-30-34-38-42-46-50-54-65-59(64)53-49-45-41-37-33-27-16-14-12-10-8-6-4-2/h29,32,56-57,61-62H,3-28,30-31,33-55H2,1-2H3,(H,60,63)/b32-29-. The minimum Gasteiger partial charge on any atom is -0.466 e. The molecule has 6 nitrogen and oxygen atoms in total. The molecule has 0 aromatic heterocycles. The van der Waals surface area contributed by atoms with Gasteiger partial charge in [-0.15, -0.1) is 0 Å². The predicted molar refractivity (Wildman–Crippen MR) is 283 cm³/mol. The Hall–Kier alpha value is -1.40. The van der Waals surface area contributed by atoms with E-state index < -0.39 is 12.1 Å². The molecule has 0 radical (unpaired) electrons. The minimum atomic E-state index is -0.681. The third kappa shape index (κ3) is 51.8. The van der Waals surface area contributed by atoms with Gasteiger partial charge in [-0.05, 0) is 51.4 Å². The van der Waals surface area contributed by atoms with Crippen molar-refractivity contribution in [3.8, 4) is 0 Å². The number of aliphatic hydroxyl groups excluding tert-OH is 2. The summed E-state index contributed by atoms with van der Waals surface area (Å²) in [6.07, 6.45) is 64.9. The van der Waals surface area contributed by atoms with E-state index in [1.165, 1.54) is 225 Å². The molecule has 386 valence electrons. The molecule has 65 heavy (non-hydrogen) atoms. The van der Waals surface area contributed by atoms with Crippen LogP contribution < -0.4 is 5.32 Å². The molecule has 2 atom stereocenters. The number of unbranched alkanes of at least 4 members (excludes halogenated alkanes) is 42. The third-order valence-corrected chi connectivity index (χ3v) is 13.8. The Bertz CT molecular complexity index is 970. The molecule has 0 saturated heterocycles. The van der Waals surface area contributed by atoms with Crippen molar-refractivity contribution in [1.82, 2.24) is 5.32 Å². The van der Waals surface area contributed by atoms with E-state index in [4.69, 9.17) is 4.74 Å². The van der Waals surface area contributed by atoms with E-state index in [0.717, 1.165) is 70.6 Å². The molecule has 0 heterocycles. The van der Waals surface area contributed by atoms with Crippen molar-refractivity contribution in [2.24, 2.45) is 0 Å². The molecular formula is C59H115NO5. The molecule has 6 heteroatoms. The Kier molecular flexibility index (Phi) is 54.0. The second-order valence-corrected chi connectivity index (χ2v) is 20.3. The van der Waals surface area contributed by atoms with Gasteiger partial charge in [-0.2, -0.15) is 0 Å². The number of esters is 1. The molecule has 0 aliphatic carbocycles. The minimum absolute atomic E-state index is 0.0100. The van der Waals surface area contributed by atoms with Crippen molar-refractivity contribution >= 4 is 11.9 Å². The van der Waals surface area contributed by atoms with Gasteiger partial charge in [0, 0.05) is 12.8 Å². The maximum Gasteiger partial charge on any atom is 0.305 e. The van der Waals surface area contributed by atoms with E-state index in [-0.39, 0.29) is 18.5 Å². The fourth-order valence-electron chi connectivity index (χ4n) is 9.28. The molecule has 0 aromatic rings. The maximum absolute atomic E-state index is 12.5. The molecular weight excluding hydrogens is 803 g/mol. The lowest BCUT2D eigenvalue weighted by Crippen LogP contribution is -2.45. The number of allylic oxidation sites excluding steroid dienone is 2. The zero-order valence-electron chi connectivity index (χ0n) is 44.0. The third-order valence-electron chi connectivity index (χ3n) is 13.8. The van der Waals surface area contributed by atoms with Gasteiger partial charge in [0.05, 0.1) is 25.4 Å². The van der Waals surface area contributed by atoms with Crippen molar-refractivity contribution in [2.75, 3.05) is 13.2 Å². The fraction of sp³-hybridized carbons (Fsp3) is 0.932. The molecule has 0 spiro atoms. The first kappa shape index (κ1) is 63.6. The number of nitrogens with one attached hydrogen (secondary N) is 1. The van der Waals surface area contributed by atoms with Gasteiger partial charge in [0.15, 0.2) is 0 Å². The second-order valence-electron chi connectivity index (χ2n) is 20.3. The van der Waals surface area contributed by atoms with Crippen LogP contribution in [-0.2, 0) is 14.3 Å². The van der Waals surface area contributed by atoms with E-state index in [2.05, 4.69) is 31.3 Å². The molecule has 1 amide bonds. The topological polar surface area (TPSA) is 95.9 Å². The van der Waals surface area contributed by atoms with Gasteiger partial charge in [-0.25, -0.2) is 0 Å². The molecule has 0 fully saturated rings. The van der Waals surface area contributed by atoms with Crippen LogP contribution in [0.5, 0.6) is 0 Å². The largest absolute Gasteiger partial charge is 0.466 e. The van der Waals surface area contributed by atoms with Gasteiger partial charge >= 0.3 is 5.97 Å². The number of ether oxygens (including phenoxy) is 1. The summed E-state index contributed by atoms with van der Waals surface area (Å²) in [6, 6.07) is -0.562. The Morgan fingerprint density at radius 1 is 0.415 bits per heavy atom. The van der Waals surface area contributed by atoms with Crippen molar-refractivity contribution < 1.29 is 24.5 Å². The van der Waals surface area contributed by atoms with Gasteiger partial charge in [-0.1, -0.05) is 276 Å². The fourth-order valence-corrected chi connectivity index (χ4v) is 9.28. The van der Waals surface area contributed by atoms with Gasteiger partial charge in [-0.3, -0.25) is 9.59 Å². The zero-order valence-corrected chi connectivity index (χ0v) is 44.0. The van der Waals surface area contributed by atoms with Crippen LogP contribution in [0.15, 0.2) is 12.2 Å². The smallest absolute Gasteiger partial charge is 0.305 e. The highest BCUT2D eigenvalue weighted by molar-refractivity contribution is 5.76. The summed E-state index contributed by atoms with van der Waals surface area (Å²) in [5.74, 6) is -0.0712. The molecule has 0 aromatic carbocycles. The molecule has 0 aliphatic heterocycles. The average molecular weight is 919 g/mol. The van der Waals surface area contributed by atoms with Gasteiger partial charge < -0.3 is 20.3 Å². The average Bonchev–Trinajstić information content (AvgIpc) is 3.31. The Morgan fingerprint density at radius 2 is 0.723 bits per heavy atom. The molecule has 0 aliphatic rings. The molecule has 0 bridgehead atoms. The number of carbonyl (C=O) groups is 2. The van der Waals surface area contributed by atoms with Crippen molar-refractivity contribution in [3.05, 3.63) is 12.2 Å². The number of hydrogen-bond acceptors (Lipinski definition) is 5. The van der Waals surface area contributed by atoms with Gasteiger partial charge in [0.25, 0.3) is 0 Å². The number of hydrogen-bond donors (Lipinski definition) is 3. The van der Waals surface area contributed by atoms with Crippen molar-refractivity contribution in [3.63, 3.8) is 0 Å². The first-order chi connectivity index (χ1) is 32.0. The van der Waals surface area contributed by atoms with E-state index in [1.807, 2.05) is 0 Å². The number of aliphatic hydroxyl groups is 2. The number of amides is 1. The van der Waals surface area contributed by atoms with Gasteiger partial charge in [0.2, 0.25) is 5.91 Å². The first-order valence-electron chi connectivity index (χ1n) is 29.4. The van der Waals surface area contributed by atoms with E-state index in [0.29, 0.717) is 25.9 Å². The van der Waals surface area contributed by atoms with Crippen molar-refractivity contribution in [1.29, 1.82) is 0 Å². The Labute approximate surface area is 406 Å². The Balaban J connectivity index is 3.48. The summed E-state index contributed by atoms with van der Waals surface area (Å²) in [5.41, 5.74) is 0. The molecule has 3 N–H and O–H groups in total. The van der Waals surface area contributed by atoms with Gasteiger partial charge in [0.1, 0.15) is 0 Å². The van der Waals surface area contributed by atoms with Crippen LogP contribution in [0.1, 0.15) is 328 Å². The molecule has 2 unspecified atom stereocenters. The van der Waals surface area contributed by atoms with Crippen LogP contribution in [0.3, 0.4) is 0 Å². The lowest BCUT2D eigenvalue weighted by molar-refractivity contribution is -0.143. The lowest BCUT2D eigenvalue weighted by Gasteiger charge is -2.22. The highest BCUT2D eigenvalue weighted by Crippen LogP contribution is 2.18. The SMILES string of the molecule is CCCCCCCCCCCCCCCCCCCCCCCCC(O)C(CO)NC(=O)CCCCC/C=C\CCCCCCCCOC(=O)CCCCCCCCCCCCCCC. The highest BCUT2D eigenvalue weighted by atomic mass is 16.5. The highest BCUT2D eigenvalue weighted by Gasteiger charge is 2.20. The first-order valence-corrected chi connectivity index (χ1v) is 29.4. The van der Waals surface area contributed by atoms with E-state index in [9.17, 15) is 19.8 Å². The lowest BCUT2D eigenvalue weighted by atomic mass is 10.0. The van der Waals surface area contributed by atoms with Crippen LogP contribution >= 0.6 is 0 Å². The second kappa shape index (κ2) is 55.2. The quantitative estimate of drug-likeness (QED) is 0.0321. The van der Waals surface area contributed by atoms with E-state index >= 15 is 0 Å². The predicted octanol–water partition coefficient (Wildman–Crippen LogP) is 18.1. The summed E-state index contributed by atoms with van der Waals surface area (Å²) < 4.78 is 5.46. The molecule has 0 rings (SSSR count). The van der Waals surface area contributed by atoms with Crippen molar-refractivity contribution in [2.45, 2.75) is 341 Å². The molecule has 0 saturated carbocycles. The normalized spacial score (nSPS) is 12.6. The monoisotopic (exact) mass is 918 g/mol. The summed E-state index contributed by atoms with van der Waals surface area (Å²) in [4.78, 5) is 24.5. The van der Waals surface area contributed by atoms with Crippen LogP contribution in [-0.4, -0.2) is 47.4 Å². The zero-order chi connectivity index (χ0) is 47.2. The van der Waals surface area contributed by atoms with Crippen LogP contribution in [0.4, 0.5) is 0 Å².